The van der Waals surface area contributed by atoms with Gasteiger partial charge in [-0.2, -0.15) is 0 Å². The summed E-state index contributed by atoms with van der Waals surface area (Å²) in [7, 11) is 0. The van der Waals surface area contributed by atoms with Crippen molar-refractivity contribution < 1.29 is 18.9 Å². The molecule has 1 N–H and O–H groups in total. The number of rotatable bonds is 6. The van der Waals surface area contributed by atoms with Gasteiger partial charge in [0, 0.05) is 16.8 Å². The van der Waals surface area contributed by atoms with Gasteiger partial charge in [0.25, 0.3) is 17.4 Å². The van der Waals surface area contributed by atoms with Crippen LogP contribution in [-0.2, 0) is 17.8 Å². The van der Waals surface area contributed by atoms with Gasteiger partial charge in [-0.15, -0.1) is 0 Å². The Morgan fingerprint density at radius 1 is 0.848 bits per heavy atom. The molecule has 0 saturated heterocycles. The number of benzene rings is 4. The lowest BCUT2D eigenvalue weighted by atomic mass is 10.0. The van der Waals surface area contributed by atoms with Gasteiger partial charge >= 0.3 is 0 Å². The first-order chi connectivity index (χ1) is 22.1. The molecule has 0 radical (unpaired) electrons. The fraction of sp³-hybridized carbons (Fsp3) is 0.139. The summed E-state index contributed by atoms with van der Waals surface area (Å²) >= 11 is 6.67. The van der Waals surface area contributed by atoms with E-state index in [9.17, 15) is 19.2 Å². The summed E-state index contributed by atoms with van der Waals surface area (Å²) in [4.78, 5) is 54.6. The minimum absolute atomic E-state index is 0.0595. The van der Waals surface area contributed by atoms with Crippen LogP contribution in [0.2, 0.25) is 5.02 Å². The highest BCUT2D eigenvalue weighted by Crippen LogP contribution is 2.33. The summed E-state index contributed by atoms with van der Waals surface area (Å²) < 4.78 is 7.13. The SMILES string of the molecule is Cc1cc(NC(=O)Cc2cccc(-n3c(=O)c4c(CN5C(=O)c6ccccc6C5=O)onc4c4c(Cl)cccc43)c2)cc(C)c1C. The Hall–Kier alpha value is -5.54. The Morgan fingerprint density at radius 3 is 2.22 bits per heavy atom. The van der Waals surface area contributed by atoms with E-state index in [0.29, 0.717) is 27.2 Å². The fourth-order valence-corrected chi connectivity index (χ4v) is 6.32. The number of fused-ring (bicyclic) bond motifs is 4. The van der Waals surface area contributed by atoms with E-state index in [1.54, 1.807) is 60.7 Å². The van der Waals surface area contributed by atoms with Gasteiger partial charge in [0.1, 0.15) is 10.9 Å². The van der Waals surface area contributed by atoms with E-state index >= 15 is 0 Å². The summed E-state index contributed by atoms with van der Waals surface area (Å²) in [6.07, 6.45) is 0.0771. The minimum atomic E-state index is -0.480. The molecule has 0 spiro atoms. The predicted octanol–water partition coefficient (Wildman–Crippen LogP) is 6.69. The molecule has 7 rings (SSSR count). The largest absolute Gasteiger partial charge is 0.358 e. The van der Waals surface area contributed by atoms with Crippen molar-refractivity contribution in [3.8, 4) is 5.69 Å². The summed E-state index contributed by atoms with van der Waals surface area (Å²) in [5.41, 5.74) is 6.10. The highest BCUT2D eigenvalue weighted by Gasteiger charge is 2.37. The van der Waals surface area contributed by atoms with Crippen molar-refractivity contribution in [2.24, 2.45) is 0 Å². The zero-order chi connectivity index (χ0) is 32.3. The third kappa shape index (κ3) is 4.76. The number of aromatic nitrogens is 2. The van der Waals surface area contributed by atoms with Gasteiger partial charge in [0.15, 0.2) is 5.76 Å². The Morgan fingerprint density at radius 2 is 1.52 bits per heavy atom. The number of hydrogen-bond acceptors (Lipinski definition) is 6. The van der Waals surface area contributed by atoms with E-state index in [4.69, 9.17) is 16.1 Å². The second-order valence-corrected chi connectivity index (χ2v) is 11.9. The maximum absolute atomic E-state index is 14.3. The third-order valence-electron chi connectivity index (χ3n) is 8.57. The molecule has 0 saturated carbocycles. The molecule has 3 amide bonds. The van der Waals surface area contributed by atoms with Gasteiger partial charge in [0.2, 0.25) is 5.91 Å². The molecule has 9 nitrogen and oxygen atoms in total. The maximum Gasteiger partial charge on any atom is 0.268 e. The van der Waals surface area contributed by atoms with Crippen LogP contribution in [0, 0.1) is 20.8 Å². The zero-order valence-electron chi connectivity index (χ0n) is 25.2. The van der Waals surface area contributed by atoms with Crippen molar-refractivity contribution in [1.82, 2.24) is 14.6 Å². The maximum atomic E-state index is 14.3. The van der Waals surface area contributed by atoms with Crippen LogP contribution in [0.4, 0.5) is 5.69 Å². The standard InChI is InChI=1S/C36H27ClN4O5/c1-19-14-23(15-20(2)21(19)3)38-30(42)17-22-8-6-9-24(16-22)41-28-13-7-12-27(37)31(28)33-32(36(41)45)29(46-39-33)18-40-34(43)25-10-4-5-11-26(25)35(40)44/h4-16H,17-18H2,1-3H3,(H,38,42). The number of nitrogens with zero attached hydrogens (tertiary/aromatic N) is 3. The quantitative estimate of drug-likeness (QED) is 0.205. The Labute approximate surface area is 268 Å². The molecule has 10 heteroatoms. The topological polar surface area (TPSA) is 115 Å². The van der Waals surface area contributed by atoms with Gasteiger partial charge in [-0.05, 0) is 91.6 Å². The van der Waals surface area contributed by atoms with Crippen LogP contribution in [0.5, 0.6) is 0 Å². The van der Waals surface area contributed by atoms with Gasteiger partial charge in [-0.1, -0.05) is 47.1 Å². The molecule has 6 aromatic rings. The van der Waals surface area contributed by atoms with E-state index < -0.39 is 17.4 Å². The lowest BCUT2D eigenvalue weighted by molar-refractivity contribution is -0.115. The molecular formula is C36H27ClN4O5. The van der Waals surface area contributed by atoms with E-state index in [2.05, 4.69) is 10.5 Å². The minimum Gasteiger partial charge on any atom is -0.358 e. The van der Waals surface area contributed by atoms with Gasteiger partial charge < -0.3 is 9.84 Å². The molecule has 3 heterocycles. The van der Waals surface area contributed by atoms with Crippen molar-refractivity contribution in [3.05, 3.63) is 133 Å². The van der Waals surface area contributed by atoms with Crippen LogP contribution in [0.1, 0.15) is 48.7 Å². The average Bonchev–Trinajstić information content (AvgIpc) is 3.55. The molecule has 0 atom stereocenters. The Kier molecular flexibility index (Phi) is 7.05. The second kappa shape index (κ2) is 11.1. The first-order valence-corrected chi connectivity index (χ1v) is 15.0. The summed E-state index contributed by atoms with van der Waals surface area (Å²) in [5.74, 6) is -1.10. The number of hydrogen-bond donors (Lipinski definition) is 1. The van der Waals surface area contributed by atoms with Crippen molar-refractivity contribution >= 4 is 56.8 Å². The molecule has 0 fully saturated rings. The number of pyridine rings is 1. The first kappa shape index (κ1) is 29.2. The fourth-order valence-electron chi connectivity index (χ4n) is 6.06. The molecular weight excluding hydrogens is 604 g/mol. The number of carbonyl (C=O) groups is 3. The van der Waals surface area contributed by atoms with Crippen LogP contribution in [-0.4, -0.2) is 32.3 Å². The highest BCUT2D eigenvalue weighted by molar-refractivity contribution is 6.37. The van der Waals surface area contributed by atoms with Crippen molar-refractivity contribution in [1.29, 1.82) is 0 Å². The van der Waals surface area contributed by atoms with Crippen molar-refractivity contribution in [3.63, 3.8) is 0 Å². The summed E-state index contributed by atoms with van der Waals surface area (Å²) in [5, 5.41) is 8.08. The number of aryl methyl sites for hydroxylation is 2. The van der Waals surface area contributed by atoms with E-state index in [1.807, 2.05) is 39.0 Å². The molecule has 46 heavy (non-hydrogen) atoms. The zero-order valence-corrected chi connectivity index (χ0v) is 25.9. The number of imide groups is 1. The monoisotopic (exact) mass is 630 g/mol. The van der Waals surface area contributed by atoms with Gasteiger partial charge in [0.05, 0.1) is 34.6 Å². The normalized spacial score (nSPS) is 12.7. The Balaban J connectivity index is 1.29. The molecule has 0 aliphatic carbocycles. The summed E-state index contributed by atoms with van der Waals surface area (Å²) in [6, 6.07) is 22.7. The van der Waals surface area contributed by atoms with Crippen molar-refractivity contribution in [2.75, 3.05) is 5.32 Å². The van der Waals surface area contributed by atoms with E-state index in [-0.39, 0.29) is 46.7 Å². The van der Waals surface area contributed by atoms with Crippen LogP contribution >= 0.6 is 11.6 Å². The highest BCUT2D eigenvalue weighted by atomic mass is 35.5. The summed E-state index contributed by atoms with van der Waals surface area (Å²) in [6.45, 7) is 5.78. The van der Waals surface area contributed by atoms with Gasteiger partial charge in [-0.3, -0.25) is 28.6 Å². The van der Waals surface area contributed by atoms with Crippen molar-refractivity contribution in [2.45, 2.75) is 33.7 Å². The second-order valence-electron chi connectivity index (χ2n) is 11.5. The molecule has 228 valence electrons. The van der Waals surface area contributed by atoms with Gasteiger partial charge in [-0.25, -0.2) is 0 Å². The van der Waals surface area contributed by atoms with Crippen LogP contribution < -0.4 is 10.9 Å². The molecule has 0 unspecified atom stereocenters. The number of anilines is 1. The van der Waals surface area contributed by atoms with Crippen LogP contribution in [0.25, 0.3) is 27.5 Å². The molecule has 1 aliphatic rings. The third-order valence-corrected chi connectivity index (χ3v) is 8.89. The van der Waals surface area contributed by atoms with E-state index in [0.717, 1.165) is 21.7 Å². The number of amides is 3. The molecule has 0 bridgehead atoms. The lowest BCUT2D eigenvalue weighted by Crippen LogP contribution is -2.29. The molecule has 1 aliphatic heterocycles. The van der Waals surface area contributed by atoms with Crippen LogP contribution in [0.15, 0.2) is 88.2 Å². The lowest BCUT2D eigenvalue weighted by Gasteiger charge is -2.15. The number of nitrogens with one attached hydrogen (secondary N) is 1. The Bertz CT molecular complexity index is 2280. The smallest absolute Gasteiger partial charge is 0.268 e. The molecule has 4 aromatic carbocycles. The van der Waals surface area contributed by atoms with Crippen LogP contribution in [0.3, 0.4) is 0 Å². The first-order valence-electron chi connectivity index (χ1n) is 14.7. The predicted molar refractivity (Wildman–Crippen MR) is 176 cm³/mol. The number of carbonyl (C=O) groups excluding carboxylic acids is 3. The van der Waals surface area contributed by atoms with E-state index in [1.165, 1.54) is 10.1 Å². The average molecular weight is 631 g/mol. The molecule has 2 aromatic heterocycles. The number of halogens is 1.